The molecule has 174 valence electrons. The number of piperidine rings is 1. The average molecular weight is 474 g/mol. The molecule has 1 aliphatic heterocycles. The van der Waals surface area contributed by atoms with Gasteiger partial charge in [0.05, 0.1) is 18.7 Å². The molecule has 0 aliphatic carbocycles. The second-order valence-corrected chi connectivity index (χ2v) is 9.69. The number of aromatic nitrogens is 1. The molecule has 2 aromatic heterocycles. The third-order valence-corrected chi connectivity index (χ3v) is 7.55. The summed E-state index contributed by atoms with van der Waals surface area (Å²) in [6.45, 7) is 2.11. The Morgan fingerprint density at radius 1 is 1.27 bits per heavy atom. The molecule has 1 amide bonds. The average Bonchev–Trinajstić information content (AvgIpc) is 3.47. The molecule has 1 aliphatic rings. The fourth-order valence-corrected chi connectivity index (χ4v) is 5.58. The molecule has 0 spiro atoms. The molecule has 1 atom stereocenters. The molecule has 3 aromatic rings. The van der Waals surface area contributed by atoms with Crippen LogP contribution >= 0.6 is 0 Å². The summed E-state index contributed by atoms with van der Waals surface area (Å²) >= 11 is 0. The number of furan rings is 1. The molecule has 1 saturated heterocycles. The fourth-order valence-electron chi connectivity index (χ4n) is 3.81. The van der Waals surface area contributed by atoms with Crippen LogP contribution < -0.4 is 5.32 Å². The summed E-state index contributed by atoms with van der Waals surface area (Å²) in [5, 5.41) is 6.61. The molecule has 1 aromatic carbocycles. The van der Waals surface area contributed by atoms with Crippen LogP contribution in [0.2, 0.25) is 0 Å². The Labute approximate surface area is 191 Å². The number of aryl methyl sites for hydroxylation is 1. The van der Waals surface area contributed by atoms with E-state index in [4.69, 9.17) is 8.94 Å². The van der Waals surface area contributed by atoms with Crippen molar-refractivity contribution < 1.29 is 26.5 Å². The summed E-state index contributed by atoms with van der Waals surface area (Å²) in [5.74, 6) is -0.516. The largest absolute Gasteiger partial charge is 0.467 e. The summed E-state index contributed by atoms with van der Waals surface area (Å²) in [5.41, 5.74) is 0.494. The van der Waals surface area contributed by atoms with Crippen molar-refractivity contribution in [1.29, 1.82) is 0 Å². The molecule has 8 nitrogen and oxygen atoms in total. The van der Waals surface area contributed by atoms with E-state index in [2.05, 4.69) is 10.5 Å². The first kappa shape index (κ1) is 22.9. The molecule has 1 unspecified atom stereocenters. The first-order chi connectivity index (χ1) is 15.9. The number of carbonyl (C=O) groups is 1. The zero-order valence-electron chi connectivity index (χ0n) is 18.0. The van der Waals surface area contributed by atoms with Crippen LogP contribution in [0.4, 0.5) is 4.39 Å². The summed E-state index contributed by atoms with van der Waals surface area (Å²) in [6, 6.07) is 9.61. The van der Waals surface area contributed by atoms with Gasteiger partial charge in [-0.1, -0.05) is 23.4 Å². The summed E-state index contributed by atoms with van der Waals surface area (Å²) < 4.78 is 52.6. The number of amides is 1. The molecule has 1 N–H and O–H groups in total. The number of benzene rings is 1. The number of nitrogens with one attached hydrogen (secondary N) is 1. The van der Waals surface area contributed by atoms with E-state index in [1.165, 1.54) is 35.7 Å². The van der Waals surface area contributed by atoms with Crippen LogP contribution in [0.3, 0.4) is 0 Å². The molecule has 10 heteroatoms. The molecule has 0 radical (unpaired) electrons. The summed E-state index contributed by atoms with van der Waals surface area (Å²) in [4.78, 5) is 12.5. The van der Waals surface area contributed by atoms with Gasteiger partial charge in [-0.3, -0.25) is 4.79 Å². The van der Waals surface area contributed by atoms with Crippen molar-refractivity contribution in [2.24, 2.45) is 5.92 Å². The van der Waals surface area contributed by atoms with Crippen molar-refractivity contribution in [3.05, 3.63) is 71.3 Å². The second-order valence-electron chi connectivity index (χ2n) is 7.82. The molecule has 0 bridgehead atoms. The van der Waals surface area contributed by atoms with Crippen LogP contribution in [0.25, 0.3) is 12.2 Å². The summed E-state index contributed by atoms with van der Waals surface area (Å²) in [7, 11) is -3.99. The standard InChI is InChI=1S/C23H24FN3O5S/c1-16-22(21(32-26-16)11-10-17-6-2-3-9-20(17)24)33(29,30)27-12-4-7-18(15-27)23(28)25-14-19-8-5-13-31-19/h2-3,5-6,8-11,13,18H,4,7,12,14-15H2,1H3,(H,25,28). The van der Waals surface area contributed by atoms with E-state index in [-0.39, 0.29) is 41.9 Å². The zero-order chi connectivity index (χ0) is 23.4. The van der Waals surface area contributed by atoms with Gasteiger partial charge < -0.3 is 14.3 Å². The SMILES string of the molecule is Cc1noc(C=Cc2ccccc2F)c1S(=O)(=O)N1CCCC(C(=O)NCc2ccco2)C1. The smallest absolute Gasteiger partial charge is 0.248 e. The van der Waals surface area contributed by atoms with Crippen molar-refractivity contribution >= 4 is 28.1 Å². The highest BCUT2D eigenvalue weighted by atomic mass is 32.2. The van der Waals surface area contributed by atoms with E-state index in [0.29, 0.717) is 24.2 Å². The highest BCUT2D eigenvalue weighted by Crippen LogP contribution is 2.29. The Balaban J connectivity index is 1.51. The van der Waals surface area contributed by atoms with Crippen molar-refractivity contribution in [2.75, 3.05) is 13.1 Å². The van der Waals surface area contributed by atoms with Gasteiger partial charge in [-0.15, -0.1) is 0 Å². The number of hydrogen-bond donors (Lipinski definition) is 1. The molecule has 3 heterocycles. The minimum atomic E-state index is -3.99. The maximum absolute atomic E-state index is 13.9. The number of nitrogens with zero attached hydrogens (tertiary/aromatic N) is 2. The topological polar surface area (TPSA) is 106 Å². The molecule has 0 saturated carbocycles. The Morgan fingerprint density at radius 2 is 2.09 bits per heavy atom. The monoisotopic (exact) mass is 473 g/mol. The highest BCUT2D eigenvalue weighted by molar-refractivity contribution is 7.89. The minimum Gasteiger partial charge on any atom is -0.467 e. The first-order valence-electron chi connectivity index (χ1n) is 10.6. The van der Waals surface area contributed by atoms with Crippen LogP contribution in [0.1, 0.15) is 35.6 Å². The van der Waals surface area contributed by atoms with Gasteiger partial charge in [-0.05, 0) is 50.1 Å². The lowest BCUT2D eigenvalue weighted by molar-refractivity contribution is -0.126. The lowest BCUT2D eigenvalue weighted by Crippen LogP contribution is -2.45. The van der Waals surface area contributed by atoms with E-state index in [1.807, 2.05) is 0 Å². The van der Waals surface area contributed by atoms with Crippen molar-refractivity contribution in [3.8, 4) is 0 Å². The van der Waals surface area contributed by atoms with Gasteiger partial charge in [0.25, 0.3) is 0 Å². The number of sulfonamides is 1. The number of carbonyl (C=O) groups excluding carboxylic acids is 1. The third kappa shape index (κ3) is 5.07. The molecule has 1 fully saturated rings. The van der Waals surface area contributed by atoms with E-state index >= 15 is 0 Å². The number of hydrogen-bond acceptors (Lipinski definition) is 6. The van der Waals surface area contributed by atoms with Gasteiger partial charge in [0.1, 0.15) is 17.3 Å². The predicted octanol–water partition coefficient (Wildman–Crippen LogP) is 3.60. The summed E-state index contributed by atoms with van der Waals surface area (Å²) in [6.07, 6.45) is 5.48. The molecular weight excluding hydrogens is 449 g/mol. The van der Waals surface area contributed by atoms with Crippen LogP contribution in [-0.4, -0.2) is 36.9 Å². The van der Waals surface area contributed by atoms with Gasteiger partial charge >= 0.3 is 0 Å². The minimum absolute atomic E-state index is 0.0140. The van der Waals surface area contributed by atoms with Crippen LogP contribution in [0.15, 0.2) is 56.5 Å². The van der Waals surface area contributed by atoms with Gasteiger partial charge in [0, 0.05) is 18.7 Å². The van der Waals surface area contributed by atoms with E-state index in [1.54, 1.807) is 30.3 Å². The number of rotatable bonds is 7. The van der Waals surface area contributed by atoms with Gasteiger partial charge in [-0.2, -0.15) is 4.31 Å². The quantitative estimate of drug-likeness (QED) is 0.562. The molecular formula is C23H24FN3O5S. The Hall–Kier alpha value is -3.24. The van der Waals surface area contributed by atoms with E-state index in [0.717, 1.165) is 0 Å². The lowest BCUT2D eigenvalue weighted by Gasteiger charge is -2.31. The maximum atomic E-state index is 13.9. The molecule has 4 rings (SSSR count). The van der Waals surface area contributed by atoms with E-state index in [9.17, 15) is 17.6 Å². The van der Waals surface area contributed by atoms with Gasteiger partial charge in [-0.25, -0.2) is 12.8 Å². The molecule has 33 heavy (non-hydrogen) atoms. The fraction of sp³-hybridized carbons (Fsp3) is 0.304. The maximum Gasteiger partial charge on any atom is 0.248 e. The first-order valence-corrected chi connectivity index (χ1v) is 12.0. The van der Waals surface area contributed by atoms with Gasteiger partial charge in [0.2, 0.25) is 15.9 Å². The lowest BCUT2D eigenvalue weighted by atomic mass is 9.99. The van der Waals surface area contributed by atoms with Crippen LogP contribution in [0.5, 0.6) is 0 Å². The Kier molecular flexibility index (Phi) is 6.75. The Bertz CT molecular complexity index is 1250. The van der Waals surface area contributed by atoms with Crippen molar-refractivity contribution in [1.82, 2.24) is 14.8 Å². The van der Waals surface area contributed by atoms with Crippen molar-refractivity contribution in [3.63, 3.8) is 0 Å². The predicted molar refractivity (Wildman–Crippen MR) is 119 cm³/mol. The number of halogens is 1. The normalized spacial score (nSPS) is 17.5. The van der Waals surface area contributed by atoms with E-state index < -0.39 is 21.8 Å². The highest BCUT2D eigenvalue weighted by Gasteiger charge is 2.36. The third-order valence-electron chi connectivity index (χ3n) is 5.52. The van der Waals surface area contributed by atoms with Crippen LogP contribution in [-0.2, 0) is 21.4 Å². The van der Waals surface area contributed by atoms with Gasteiger partial charge in [0.15, 0.2) is 10.7 Å². The Morgan fingerprint density at radius 3 is 2.85 bits per heavy atom. The zero-order valence-corrected chi connectivity index (χ0v) is 18.8. The second kappa shape index (κ2) is 9.72. The van der Waals surface area contributed by atoms with Crippen molar-refractivity contribution in [2.45, 2.75) is 31.2 Å². The van der Waals surface area contributed by atoms with Crippen LogP contribution in [0, 0.1) is 18.7 Å².